The van der Waals surface area contributed by atoms with E-state index in [0.717, 1.165) is 30.8 Å². The molecule has 0 atom stereocenters. The number of hydrogen-bond acceptors (Lipinski definition) is 4. The van der Waals surface area contributed by atoms with Crippen LogP contribution < -0.4 is 5.73 Å². The van der Waals surface area contributed by atoms with Gasteiger partial charge in [0.15, 0.2) is 0 Å². The molecule has 0 bridgehead atoms. The Labute approximate surface area is 153 Å². The minimum atomic E-state index is 0. The maximum absolute atomic E-state index is 12.9. The van der Waals surface area contributed by atoms with E-state index in [4.69, 9.17) is 5.73 Å². The van der Waals surface area contributed by atoms with Crippen molar-refractivity contribution in [1.82, 2.24) is 9.88 Å². The van der Waals surface area contributed by atoms with Crippen LogP contribution in [0, 0.1) is 0 Å². The summed E-state index contributed by atoms with van der Waals surface area (Å²) in [5, 5.41) is 2.66. The summed E-state index contributed by atoms with van der Waals surface area (Å²) in [5.74, 6) is 0.0591. The quantitative estimate of drug-likeness (QED) is 0.849. The van der Waals surface area contributed by atoms with E-state index >= 15 is 0 Å². The molecule has 1 heterocycles. The van der Waals surface area contributed by atoms with Crippen LogP contribution >= 0.6 is 23.7 Å². The summed E-state index contributed by atoms with van der Waals surface area (Å²) >= 11 is 1.47. The average Bonchev–Trinajstić information content (AvgIpc) is 3.27. The molecule has 1 fully saturated rings. The van der Waals surface area contributed by atoms with E-state index in [1.807, 2.05) is 28.5 Å². The first-order valence-electron chi connectivity index (χ1n) is 8.27. The lowest BCUT2D eigenvalue weighted by Gasteiger charge is -2.28. The highest BCUT2D eigenvalue weighted by Gasteiger charge is 2.28. The van der Waals surface area contributed by atoms with Crippen molar-refractivity contribution in [2.24, 2.45) is 5.73 Å². The zero-order chi connectivity index (χ0) is 16.1. The van der Waals surface area contributed by atoms with E-state index in [2.05, 4.69) is 17.1 Å². The molecule has 1 aliphatic rings. The molecule has 2 N–H and O–H groups in total. The molecule has 24 heavy (non-hydrogen) atoms. The van der Waals surface area contributed by atoms with E-state index in [9.17, 15) is 4.79 Å². The Morgan fingerprint density at radius 2 is 1.96 bits per heavy atom. The molecule has 3 rings (SSSR count). The molecule has 0 radical (unpaired) electrons. The smallest absolute Gasteiger partial charge is 0.273 e. The number of benzene rings is 1. The van der Waals surface area contributed by atoms with E-state index in [1.54, 1.807) is 0 Å². The number of aromatic nitrogens is 1. The van der Waals surface area contributed by atoms with Gasteiger partial charge in [-0.25, -0.2) is 4.98 Å². The van der Waals surface area contributed by atoms with Crippen LogP contribution in [-0.4, -0.2) is 28.4 Å². The molecule has 130 valence electrons. The lowest BCUT2D eigenvalue weighted by atomic mass is 10.1. The fourth-order valence-electron chi connectivity index (χ4n) is 3.21. The highest BCUT2D eigenvalue weighted by molar-refractivity contribution is 7.09. The van der Waals surface area contributed by atoms with Crippen LogP contribution in [0.15, 0.2) is 35.7 Å². The van der Waals surface area contributed by atoms with Crippen LogP contribution in [0.25, 0.3) is 0 Å². The van der Waals surface area contributed by atoms with Gasteiger partial charge in [-0.3, -0.25) is 4.79 Å². The van der Waals surface area contributed by atoms with Crippen molar-refractivity contribution < 1.29 is 4.79 Å². The molecule has 1 aromatic carbocycles. The molecule has 0 spiro atoms. The molecular weight excluding hydrogens is 342 g/mol. The van der Waals surface area contributed by atoms with Crippen LogP contribution in [0.2, 0.25) is 0 Å². The highest BCUT2D eigenvalue weighted by atomic mass is 35.5. The summed E-state index contributed by atoms with van der Waals surface area (Å²) in [4.78, 5) is 19.3. The highest BCUT2D eigenvalue weighted by Crippen LogP contribution is 2.25. The number of thiazole rings is 1. The van der Waals surface area contributed by atoms with Gasteiger partial charge in [-0.1, -0.05) is 43.2 Å². The minimum absolute atomic E-state index is 0. The Balaban J connectivity index is 0.00000208. The summed E-state index contributed by atoms with van der Waals surface area (Å²) in [6, 6.07) is 10.7. The van der Waals surface area contributed by atoms with Crippen LogP contribution in [0.1, 0.15) is 46.7 Å². The van der Waals surface area contributed by atoms with Crippen molar-refractivity contribution in [2.75, 3.05) is 6.54 Å². The topological polar surface area (TPSA) is 59.2 Å². The zero-order valence-electron chi connectivity index (χ0n) is 13.7. The van der Waals surface area contributed by atoms with Gasteiger partial charge >= 0.3 is 0 Å². The number of carbonyl (C=O) groups excluding carboxylic acids is 1. The predicted molar refractivity (Wildman–Crippen MR) is 101 cm³/mol. The van der Waals surface area contributed by atoms with E-state index in [-0.39, 0.29) is 18.3 Å². The van der Waals surface area contributed by atoms with Gasteiger partial charge in [-0.15, -0.1) is 23.7 Å². The first-order valence-corrected chi connectivity index (χ1v) is 9.15. The summed E-state index contributed by atoms with van der Waals surface area (Å²) in [6.07, 6.45) is 5.52. The Morgan fingerprint density at radius 1 is 1.25 bits per heavy atom. The van der Waals surface area contributed by atoms with Crippen LogP contribution in [0.4, 0.5) is 0 Å². The molecular formula is C18H24ClN3OS. The van der Waals surface area contributed by atoms with Gasteiger partial charge in [0.25, 0.3) is 5.91 Å². The summed E-state index contributed by atoms with van der Waals surface area (Å²) in [7, 11) is 0. The van der Waals surface area contributed by atoms with E-state index in [0.29, 0.717) is 18.3 Å². The Hall–Kier alpha value is -1.43. The fraction of sp³-hybridized carbons (Fsp3) is 0.444. The fourth-order valence-corrected chi connectivity index (χ4v) is 3.86. The van der Waals surface area contributed by atoms with Gasteiger partial charge in [-0.2, -0.15) is 0 Å². The van der Waals surface area contributed by atoms with Crippen molar-refractivity contribution in [2.45, 2.75) is 44.7 Å². The van der Waals surface area contributed by atoms with Gasteiger partial charge in [0.05, 0.1) is 0 Å². The maximum Gasteiger partial charge on any atom is 0.273 e. The van der Waals surface area contributed by atoms with Crippen molar-refractivity contribution in [3.63, 3.8) is 0 Å². The second-order valence-corrected chi connectivity index (χ2v) is 6.95. The first kappa shape index (κ1) is 18.9. The van der Waals surface area contributed by atoms with Gasteiger partial charge in [-0.05, 0) is 24.8 Å². The standard InChI is InChI=1S/C18H23N3OS.ClH/c19-12-17-20-16(13-23-17)18(22)21(15-8-4-5-9-15)11-10-14-6-2-1-3-7-14;/h1-3,6-7,13,15H,4-5,8-12,19H2;1H. The van der Waals surface area contributed by atoms with Gasteiger partial charge in [0, 0.05) is 24.5 Å². The average molecular weight is 366 g/mol. The lowest BCUT2D eigenvalue weighted by Crippen LogP contribution is -2.40. The van der Waals surface area contributed by atoms with Crippen molar-refractivity contribution in [3.8, 4) is 0 Å². The Morgan fingerprint density at radius 3 is 2.58 bits per heavy atom. The first-order chi connectivity index (χ1) is 11.3. The van der Waals surface area contributed by atoms with Gasteiger partial charge in [0.2, 0.25) is 0 Å². The lowest BCUT2D eigenvalue weighted by molar-refractivity contribution is 0.0678. The van der Waals surface area contributed by atoms with Crippen molar-refractivity contribution in [1.29, 1.82) is 0 Å². The Bertz CT molecular complexity index is 641. The number of halogens is 1. The van der Waals surface area contributed by atoms with Gasteiger partial charge in [0.1, 0.15) is 10.7 Å². The normalized spacial score (nSPS) is 14.4. The van der Waals surface area contributed by atoms with Crippen LogP contribution in [-0.2, 0) is 13.0 Å². The third-order valence-corrected chi connectivity index (χ3v) is 5.33. The molecule has 0 unspecified atom stereocenters. The number of rotatable bonds is 6. The molecule has 4 nitrogen and oxygen atoms in total. The molecule has 2 aromatic rings. The number of nitrogens with two attached hydrogens (primary N) is 1. The third kappa shape index (κ3) is 4.56. The summed E-state index contributed by atoms with van der Waals surface area (Å²) < 4.78 is 0. The molecule has 1 aliphatic carbocycles. The van der Waals surface area contributed by atoms with E-state index in [1.165, 1.54) is 29.7 Å². The van der Waals surface area contributed by atoms with Crippen molar-refractivity contribution in [3.05, 3.63) is 52.0 Å². The molecule has 0 aliphatic heterocycles. The summed E-state index contributed by atoms with van der Waals surface area (Å²) in [5.41, 5.74) is 7.44. The molecule has 1 aromatic heterocycles. The van der Waals surface area contributed by atoms with Crippen molar-refractivity contribution >= 4 is 29.7 Å². The summed E-state index contributed by atoms with van der Waals surface area (Å²) in [6.45, 7) is 1.15. The molecule has 1 saturated carbocycles. The number of carbonyl (C=O) groups is 1. The minimum Gasteiger partial charge on any atom is -0.334 e. The van der Waals surface area contributed by atoms with E-state index < -0.39 is 0 Å². The second-order valence-electron chi connectivity index (χ2n) is 6.00. The SMILES string of the molecule is Cl.NCc1nc(C(=O)N(CCc2ccccc2)C2CCCC2)cs1. The zero-order valence-corrected chi connectivity index (χ0v) is 15.3. The number of amides is 1. The predicted octanol–water partition coefficient (Wildman–Crippen LogP) is 3.65. The number of nitrogens with zero attached hydrogens (tertiary/aromatic N) is 2. The molecule has 0 saturated heterocycles. The maximum atomic E-state index is 12.9. The number of hydrogen-bond donors (Lipinski definition) is 1. The largest absolute Gasteiger partial charge is 0.334 e. The Kier molecular flexibility index (Phi) is 7.21. The van der Waals surface area contributed by atoms with Crippen LogP contribution in [0.5, 0.6) is 0 Å². The second kappa shape index (κ2) is 9.16. The van der Waals surface area contributed by atoms with Crippen LogP contribution in [0.3, 0.4) is 0 Å². The molecule has 6 heteroatoms. The molecule has 1 amide bonds. The van der Waals surface area contributed by atoms with Gasteiger partial charge < -0.3 is 10.6 Å². The monoisotopic (exact) mass is 365 g/mol. The third-order valence-electron chi connectivity index (χ3n) is 4.46.